The lowest BCUT2D eigenvalue weighted by Gasteiger charge is -2.38. The predicted molar refractivity (Wildman–Crippen MR) is 322 cm³/mol. The summed E-state index contributed by atoms with van der Waals surface area (Å²) in [7, 11) is -5.09. The third-order valence-corrected chi connectivity index (χ3v) is 18.2. The second kappa shape index (κ2) is 27.8. The van der Waals surface area contributed by atoms with Crippen molar-refractivity contribution in [2.45, 2.75) is 135 Å². The lowest BCUT2D eigenvalue weighted by molar-refractivity contribution is -0.145. The highest BCUT2D eigenvalue weighted by molar-refractivity contribution is 7.70. The molecule has 25 nitrogen and oxygen atoms in total. The first kappa shape index (κ1) is 64.2. The number of rotatable bonds is 24. The molecule has 7 atom stereocenters. The normalized spacial score (nSPS) is 19.4. The van der Waals surface area contributed by atoms with Crippen LogP contribution in [0.5, 0.6) is 11.6 Å². The van der Waals surface area contributed by atoms with Crippen LogP contribution in [0.25, 0.3) is 21.3 Å². The summed E-state index contributed by atoms with van der Waals surface area (Å²) in [5, 5.41) is 23.8. The number of aryl methyl sites for hydroxylation is 2. The van der Waals surface area contributed by atoms with Crippen molar-refractivity contribution < 1.29 is 71.8 Å². The molecule has 3 saturated heterocycles. The van der Waals surface area contributed by atoms with E-state index in [2.05, 4.69) is 31.1 Å². The lowest BCUT2D eigenvalue weighted by Crippen LogP contribution is -2.61. The highest BCUT2D eigenvalue weighted by Crippen LogP contribution is 2.40. The fraction of sp³-hybridized carbons (Fsp3) is 0.443. The first-order chi connectivity index (χ1) is 41.9. The van der Waals surface area contributed by atoms with E-state index in [-0.39, 0.29) is 112 Å². The number of hydrogen-bond donors (Lipinski definition) is 8. The van der Waals surface area contributed by atoms with Crippen molar-refractivity contribution in [2.75, 3.05) is 32.8 Å². The summed E-state index contributed by atoms with van der Waals surface area (Å²) in [6.07, 6.45) is 1.41. The molecule has 6 aromatic rings. The van der Waals surface area contributed by atoms with Crippen LogP contribution in [0.3, 0.4) is 0 Å². The molecule has 27 heteroatoms. The molecule has 7 amide bonds. The largest absolute Gasteiger partial charge is 0.491 e. The number of nitrogens with one attached hydrogen (secondary N) is 4. The number of carbonyl (C=O) groups excluding carboxylic acids is 8. The van der Waals surface area contributed by atoms with E-state index < -0.39 is 79.0 Å². The molecule has 0 bridgehead atoms. The number of nitrogens with zero attached hydrogens (tertiary/aromatic N) is 5. The van der Waals surface area contributed by atoms with Crippen LogP contribution in [-0.4, -0.2) is 161 Å². The standard InChI is InChI=1S/C61H73N10O15PS/c1-33(2)54(60(79)70-29-44(73)26-49(70)57(76)63-28-37-11-13-39(14-12-37)55-35(4)64-32-88-55)51-27-53(68-86-51)84-23-7-9-38-8-6-10-50(34(38)3)85-31-42(16-20-52(62)74)65-58(77)48-19-17-43-21-22-69(36(5)72)30-47(59(78)71(43)48)67-56(75)46-25-41-24-40(15-18-45(41)66-46)61(80)87(81,82)83/h6,8,10-15,18,24-25,27,32-33,42-44,47-49,54,66,73H,7,9,16-17,19-23,26,28-31H2,1-5H3,(H2,62,74)(H,63,76)(H,65,77)(H,67,75)(H2,81,82,83)/t42-,43+,44+,47-,48-,49-,54+/m0/s1. The number of β-amino-alcohol motifs (C(OH)–C–C–N with tert-alkyl or cyclic N) is 1. The quantitative estimate of drug-likeness (QED) is 0.0298. The zero-order valence-electron chi connectivity index (χ0n) is 49.4. The average molecular weight is 1250 g/mol. The summed E-state index contributed by atoms with van der Waals surface area (Å²) in [5.74, 6) is -3.62. The van der Waals surface area contributed by atoms with Gasteiger partial charge in [0.05, 0.1) is 34.8 Å². The summed E-state index contributed by atoms with van der Waals surface area (Å²) in [4.78, 5) is 139. The number of H-pyrrole nitrogens is 1. The maximum absolute atomic E-state index is 14.6. The molecule has 9 rings (SSSR count). The molecule has 0 radical (unpaired) electrons. The number of nitrogens with two attached hydrogens (primary N) is 1. The van der Waals surface area contributed by atoms with Gasteiger partial charge in [-0.1, -0.05) is 50.2 Å². The Morgan fingerprint density at radius 1 is 0.943 bits per heavy atom. The molecule has 9 N–H and O–H groups in total. The van der Waals surface area contributed by atoms with Crippen molar-refractivity contribution in [1.29, 1.82) is 0 Å². The number of aliphatic hydroxyl groups is 1. The Hall–Kier alpha value is -8.29. The fourth-order valence-electron chi connectivity index (χ4n) is 11.7. The molecule has 0 aliphatic carbocycles. The zero-order chi connectivity index (χ0) is 63.1. The van der Waals surface area contributed by atoms with Crippen molar-refractivity contribution in [3.63, 3.8) is 0 Å². The number of hydrogen-bond acceptors (Lipinski definition) is 16. The molecule has 468 valence electrons. The first-order valence-corrected chi connectivity index (χ1v) is 31.7. The first-order valence-electron chi connectivity index (χ1n) is 29.2. The molecule has 3 aliphatic rings. The minimum atomic E-state index is -5.09. The Kier molecular flexibility index (Phi) is 20.3. The molecule has 0 unspecified atom stereocenters. The summed E-state index contributed by atoms with van der Waals surface area (Å²) < 4.78 is 29.7. The molecule has 3 fully saturated rings. The van der Waals surface area contributed by atoms with Crippen molar-refractivity contribution in [1.82, 2.24) is 45.8 Å². The topological polar surface area (TPSA) is 359 Å². The van der Waals surface area contributed by atoms with E-state index >= 15 is 0 Å². The summed E-state index contributed by atoms with van der Waals surface area (Å²) in [5.41, 5.74) is 10.7. The van der Waals surface area contributed by atoms with Gasteiger partial charge in [0.25, 0.3) is 17.3 Å². The highest BCUT2D eigenvalue weighted by Gasteiger charge is 2.47. The Bertz CT molecular complexity index is 3640. The summed E-state index contributed by atoms with van der Waals surface area (Å²) in [6.45, 7) is 9.38. The van der Waals surface area contributed by atoms with E-state index in [0.29, 0.717) is 42.3 Å². The van der Waals surface area contributed by atoms with Gasteiger partial charge in [-0.05, 0) is 116 Å². The number of aromatic nitrogens is 3. The van der Waals surface area contributed by atoms with Crippen LogP contribution in [0.15, 0.2) is 82.8 Å². The van der Waals surface area contributed by atoms with Crippen molar-refractivity contribution in [3.05, 3.63) is 118 Å². The van der Waals surface area contributed by atoms with Crippen LogP contribution in [0, 0.1) is 19.8 Å². The van der Waals surface area contributed by atoms with Gasteiger partial charge in [0.15, 0.2) is 5.76 Å². The highest BCUT2D eigenvalue weighted by atomic mass is 32.1. The van der Waals surface area contributed by atoms with Gasteiger partial charge >= 0.3 is 7.60 Å². The van der Waals surface area contributed by atoms with Gasteiger partial charge in [-0.2, -0.15) is 0 Å². The number of amides is 7. The van der Waals surface area contributed by atoms with E-state index in [9.17, 15) is 57.8 Å². The number of likely N-dealkylation sites (tertiary alicyclic amines) is 1. The molecule has 3 aromatic heterocycles. The van der Waals surface area contributed by atoms with Crippen molar-refractivity contribution in [3.8, 4) is 22.1 Å². The Labute approximate surface area is 511 Å². The van der Waals surface area contributed by atoms with E-state index in [0.717, 1.165) is 32.8 Å². The van der Waals surface area contributed by atoms with Gasteiger partial charge < -0.3 is 70.3 Å². The third-order valence-electron chi connectivity index (χ3n) is 16.4. The molecule has 3 aliphatic heterocycles. The molecule has 88 heavy (non-hydrogen) atoms. The Balaban J connectivity index is 0.785. The number of benzene rings is 3. The van der Waals surface area contributed by atoms with Crippen LogP contribution in [-0.2, 0) is 46.3 Å². The van der Waals surface area contributed by atoms with E-state index in [1.165, 1.54) is 45.9 Å². The number of fused-ring (bicyclic) bond motifs is 2. The number of primary amides is 1. The number of thiazole rings is 1. The Morgan fingerprint density at radius 3 is 2.42 bits per heavy atom. The minimum absolute atomic E-state index is 0.0128. The van der Waals surface area contributed by atoms with Crippen LogP contribution in [0.4, 0.5) is 0 Å². The molecule has 6 heterocycles. The van der Waals surface area contributed by atoms with E-state index in [1.807, 2.05) is 64.1 Å². The predicted octanol–water partition coefficient (Wildman–Crippen LogP) is 4.78. The molecule has 0 spiro atoms. The fourth-order valence-corrected chi connectivity index (χ4v) is 13.0. The number of ether oxygens (including phenoxy) is 2. The van der Waals surface area contributed by atoms with Gasteiger partial charge in [0.1, 0.15) is 42.1 Å². The average Bonchev–Trinajstić information content (AvgIpc) is 2.85. The van der Waals surface area contributed by atoms with Gasteiger partial charge in [-0.15, -0.1) is 11.3 Å². The van der Waals surface area contributed by atoms with Gasteiger partial charge in [0, 0.05) is 74.5 Å². The minimum Gasteiger partial charge on any atom is -0.491 e. The van der Waals surface area contributed by atoms with Crippen molar-refractivity contribution in [2.24, 2.45) is 11.7 Å². The maximum atomic E-state index is 14.6. The summed E-state index contributed by atoms with van der Waals surface area (Å²) >= 11 is 1.56. The van der Waals surface area contributed by atoms with Crippen molar-refractivity contribution >= 4 is 76.7 Å². The third kappa shape index (κ3) is 15.2. The Morgan fingerprint density at radius 2 is 1.72 bits per heavy atom. The second-order valence-electron chi connectivity index (χ2n) is 23.0. The molecular weight excluding hydrogens is 1180 g/mol. The number of carbonyl (C=O) groups is 8. The van der Waals surface area contributed by atoms with E-state index in [4.69, 9.17) is 19.7 Å². The SMILES string of the molecule is CC(=O)N1CC[C@H]2CC[C@@H](C(=O)N[C@@H](CCC(N)=O)COc3cccc(CCCOc4cc([C@H](C(=O)N5C[C@H](O)C[C@H]5C(=O)NCc5ccc(-c6scnc6C)cc5)C(C)C)on4)c3C)N2C(=O)[C@@H](NC(=O)c2cc3cc(C(=O)P(=O)(O)O)ccc3[nH]2)C1. The summed E-state index contributed by atoms with van der Waals surface area (Å²) in [6, 6.07) is 15.8. The van der Waals surface area contributed by atoms with Gasteiger partial charge in [-0.25, -0.2) is 4.98 Å². The molecule has 3 aromatic carbocycles. The van der Waals surface area contributed by atoms with Crippen LogP contribution >= 0.6 is 18.9 Å². The van der Waals surface area contributed by atoms with Crippen LogP contribution in [0.2, 0.25) is 0 Å². The van der Waals surface area contributed by atoms with E-state index in [1.54, 1.807) is 29.0 Å². The lowest BCUT2D eigenvalue weighted by atomic mass is 9.91. The van der Waals surface area contributed by atoms with Gasteiger partial charge in [-0.3, -0.25) is 42.9 Å². The zero-order valence-corrected chi connectivity index (χ0v) is 51.1. The molecule has 0 saturated carbocycles. The maximum Gasteiger partial charge on any atom is 0.396 e. The number of aliphatic hydroxyl groups excluding tert-OH is 1. The second-order valence-corrected chi connectivity index (χ2v) is 25.3. The molecular formula is C61H73N10O15PS. The number of aromatic amines is 1. The van der Waals surface area contributed by atoms with Gasteiger partial charge in [0.2, 0.25) is 35.4 Å². The van der Waals surface area contributed by atoms with Crippen LogP contribution in [0.1, 0.15) is 121 Å². The van der Waals surface area contributed by atoms with Crippen LogP contribution < -0.4 is 31.2 Å². The smallest absolute Gasteiger partial charge is 0.396 e. The monoisotopic (exact) mass is 1250 g/mol.